The Morgan fingerprint density at radius 1 is 1.35 bits per heavy atom. The molecule has 2 rings (SSSR count). The molecule has 0 aromatic carbocycles. The maximum absolute atomic E-state index is 5.47. The number of hydrogen-bond acceptors (Lipinski definition) is 6. The Bertz CT molecular complexity index is 492. The molecule has 90 valence electrons. The van der Waals surface area contributed by atoms with Crippen LogP contribution in [0, 0.1) is 13.8 Å². The standard InChI is InChI=1S/C11H14N4OS/c1-7-8(2)16-10(15-7)5-12-9-4-11(17-3)14-6-13-9/h4,6H,5H2,1-3H3,(H,12,13,14). The predicted octanol–water partition coefficient (Wildman–Crippen LogP) is 2.42. The monoisotopic (exact) mass is 250 g/mol. The first-order valence-corrected chi connectivity index (χ1v) is 6.44. The van der Waals surface area contributed by atoms with Crippen molar-refractivity contribution in [2.75, 3.05) is 11.6 Å². The third-order valence-corrected chi connectivity index (χ3v) is 2.99. The van der Waals surface area contributed by atoms with Gasteiger partial charge in [-0.2, -0.15) is 0 Å². The average molecular weight is 250 g/mol. The van der Waals surface area contributed by atoms with Crippen molar-refractivity contribution in [2.24, 2.45) is 0 Å². The minimum absolute atomic E-state index is 0.527. The van der Waals surface area contributed by atoms with Gasteiger partial charge in [0.1, 0.15) is 22.9 Å². The molecule has 6 heteroatoms. The van der Waals surface area contributed by atoms with Gasteiger partial charge in [-0.3, -0.25) is 0 Å². The molecule has 0 atom stereocenters. The molecule has 0 radical (unpaired) electrons. The number of aryl methyl sites for hydroxylation is 2. The highest BCUT2D eigenvalue weighted by Crippen LogP contribution is 2.15. The van der Waals surface area contributed by atoms with Gasteiger partial charge in [0.15, 0.2) is 0 Å². The minimum atomic E-state index is 0.527. The second-order valence-corrected chi connectivity index (χ2v) is 4.37. The molecule has 0 spiro atoms. The predicted molar refractivity (Wildman–Crippen MR) is 67.1 cm³/mol. The smallest absolute Gasteiger partial charge is 0.213 e. The second-order valence-electron chi connectivity index (χ2n) is 3.55. The van der Waals surface area contributed by atoms with E-state index in [1.54, 1.807) is 18.1 Å². The van der Waals surface area contributed by atoms with Crippen LogP contribution in [0.1, 0.15) is 17.3 Å². The third kappa shape index (κ3) is 2.97. The van der Waals surface area contributed by atoms with E-state index >= 15 is 0 Å². The summed E-state index contributed by atoms with van der Waals surface area (Å²) in [6.07, 6.45) is 3.52. The fraction of sp³-hybridized carbons (Fsp3) is 0.364. The zero-order chi connectivity index (χ0) is 12.3. The van der Waals surface area contributed by atoms with Crippen LogP contribution in [-0.2, 0) is 6.54 Å². The SMILES string of the molecule is CSc1cc(NCc2nc(C)c(C)o2)ncn1. The molecule has 0 aliphatic carbocycles. The first-order valence-electron chi connectivity index (χ1n) is 5.22. The van der Waals surface area contributed by atoms with Crippen LogP contribution in [0.25, 0.3) is 0 Å². The molecule has 17 heavy (non-hydrogen) atoms. The molecular formula is C11H14N4OS. The highest BCUT2D eigenvalue weighted by molar-refractivity contribution is 7.98. The van der Waals surface area contributed by atoms with Crippen molar-refractivity contribution in [1.29, 1.82) is 0 Å². The fourth-order valence-electron chi connectivity index (χ4n) is 1.33. The largest absolute Gasteiger partial charge is 0.444 e. The van der Waals surface area contributed by atoms with Crippen molar-refractivity contribution in [3.63, 3.8) is 0 Å². The zero-order valence-corrected chi connectivity index (χ0v) is 10.8. The van der Waals surface area contributed by atoms with Gasteiger partial charge in [0.2, 0.25) is 5.89 Å². The Kier molecular flexibility index (Phi) is 3.63. The topological polar surface area (TPSA) is 63.8 Å². The van der Waals surface area contributed by atoms with Gasteiger partial charge in [-0.1, -0.05) is 0 Å². The maximum atomic E-state index is 5.47. The number of nitrogens with zero attached hydrogens (tertiary/aromatic N) is 3. The van der Waals surface area contributed by atoms with Crippen molar-refractivity contribution >= 4 is 17.6 Å². The van der Waals surface area contributed by atoms with Crippen molar-refractivity contribution in [2.45, 2.75) is 25.4 Å². The molecule has 0 aliphatic rings. The summed E-state index contributed by atoms with van der Waals surface area (Å²) < 4.78 is 5.47. The number of aromatic nitrogens is 3. The van der Waals surface area contributed by atoms with E-state index in [0.717, 1.165) is 22.3 Å². The van der Waals surface area contributed by atoms with E-state index in [1.165, 1.54) is 0 Å². The molecule has 0 fully saturated rings. The van der Waals surface area contributed by atoms with Gasteiger partial charge in [0.25, 0.3) is 0 Å². The first kappa shape index (κ1) is 11.9. The van der Waals surface area contributed by atoms with Gasteiger partial charge < -0.3 is 9.73 Å². The fourth-order valence-corrected chi connectivity index (χ4v) is 1.71. The zero-order valence-electron chi connectivity index (χ0n) is 10.0. The van der Waals surface area contributed by atoms with E-state index in [1.807, 2.05) is 26.2 Å². The number of nitrogens with one attached hydrogen (secondary N) is 1. The molecule has 0 saturated carbocycles. The van der Waals surface area contributed by atoms with Gasteiger partial charge >= 0.3 is 0 Å². The molecule has 2 aromatic rings. The summed E-state index contributed by atoms with van der Waals surface area (Å²) in [5.74, 6) is 2.30. The Hall–Kier alpha value is -1.56. The lowest BCUT2D eigenvalue weighted by Gasteiger charge is -2.03. The molecule has 2 heterocycles. The highest BCUT2D eigenvalue weighted by Gasteiger charge is 2.05. The Balaban J connectivity index is 2.01. The van der Waals surface area contributed by atoms with Crippen LogP contribution in [0.4, 0.5) is 5.82 Å². The lowest BCUT2D eigenvalue weighted by Crippen LogP contribution is -2.02. The minimum Gasteiger partial charge on any atom is -0.444 e. The first-order chi connectivity index (χ1) is 8.19. The normalized spacial score (nSPS) is 10.5. The quantitative estimate of drug-likeness (QED) is 0.664. The Morgan fingerprint density at radius 3 is 2.82 bits per heavy atom. The average Bonchev–Trinajstić information content (AvgIpc) is 2.67. The van der Waals surface area contributed by atoms with Crippen LogP contribution in [0.3, 0.4) is 0 Å². The summed E-state index contributed by atoms with van der Waals surface area (Å²) in [6, 6.07) is 1.90. The van der Waals surface area contributed by atoms with Crippen molar-refractivity contribution < 1.29 is 4.42 Å². The number of anilines is 1. The molecule has 1 N–H and O–H groups in total. The van der Waals surface area contributed by atoms with Crippen LogP contribution in [0.15, 0.2) is 21.8 Å². The van der Waals surface area contributed by atoms with Crippen molar-refractivity contribution in [3.8, 4) is 0 Å². The Morgan fingerprint density at radius 2 is 2.18 bits per heavy atom. The van der Waals surface area contributed by atoms with Gasteiger partial charge in [0, 0.05) is 6.07 Å². The molecular weight excluding hydrogens is 236 g/mol. The number of oxazole rings is 1. The van der Waals surface area contributed by atoms with Gasteiger partial charge in [-0.25, -0.2) is 15.0 Å². The number of rotatable bonds is 4. The van der Waals surface area contributed by atoms with Crippen LogP contribution < -0.4 is 5.32 Å². The summed E-state index contributed by atoms with van der Waals surface area (Å²) >= 11 is 1.58. The summed E-state index contributed by atoms with van der Waals surface area (Å²) in [6.45, 7) is 4.36. The van der Waals surface area contributed by atoms with E-state index in [0.29, 0.717) is 12.4 Å². The lowest BCUT2D eigenvalue weighted by molar-refractivity contribution is 0.478. The third-order valence-electron chi connectivity index (χ3n) is 2.34. The molecule has 0 amide bonds. The van der Waals surface area contributed by atoms with Crippen LogP contribution in [0.2, 0.25) is 0 Å². The van der Waals surface area contributed by atoms with Crippen LogP contribution >= 0.6 is 11.8 Å². The molecule has 5 nitrogen and oxygen atoms in total. The molecule has 2 aromatic heterocycles. The Labute approximate surface area is 104 Å². The van der Waals surface area contributed by atoms with Gasteiger partial charge in [0.05, 0.1) is 12.2 Å². The maximum Gasteiger partial charge on any atom is 0.213 e. The van der Waals surface area contributed by atoms with Crippen LogP contribution in [-0.4, -0.2) is 21.2 Å². The van der Waals surface area contributed by atoms with Gasteiger partial charge in [-0.15, -0.1) is 11.8 Å². The molecule has 0 saturated heterocycles. The van der Waals surface area contributed by atoms with Crippen molar-refractivity contribution in [1.82, 2.24) is 15.0 Å². The molecule has 0 unspecified atom stereocenters. The summed E-state index contributed by atoms with van der Waals surface area (Å²) in [5, 5.41) is 4.09. The van der Waals surface area contributed by atoms with E-state index in [4.69, 9.17) is 4.42 Å². The van der Waals surface area contributed by atoms with Crippen LogP contribution in [0.5, 0.6) is 0 Å². The summed E-state index contributed by atoms with van der Waals surface area (Å²) in [4.78, 5) is 12.5. The van der Waals surface area contributed by atoms with E-state index < -0.39 is 0 Å². The number of hydrogen-bond donors (Lipinski definition) is 1. The highest BCUT2D eigenvalue weighted by atomic mass is 32.2. The lowest BCUT2D eigenvalue weighted by atomic mass is 10.4. The molecule has 0 bridgehead atoms. The molecule has 0 aliphatic heterocycles. The van der Waals surface area contributed by atoms with Crippen molar-refractivity contribution in [3.05, 3.63) is 29.7 Å². The van der Waals surface area contributed by atoms with E-state index in [2.05, 4.69) is 20.3 Å². The summed E-state index contributed by atoms with van der Waals surface area (Å²) in [7, 11) is 0. The van der Waals surface area contributed by atoms with Gasteiger partial charge in [-0.05, 0) is 20.1 Å². The number of thioether (sulfide) groups is 1. The second kappa shape index (κ2) is 5.18. The van der Waals surface area contributed by atoms with E-state index in [-0.39, 0.29) is 0 Å². The summed E-state index contributed by atoms with van der Waals surface area (Å²) in [5.41, 5.74) is 0.925. The van der Waals surface area contributed by atoms with E-state index in [9.17, 15) is 0 Å².